The van der Waals surface area contributed by atoms with Crippen LogP contribution in [0.1, 0.15) is 25.1 Å². The lowest BCUT2D eigenvalue weighted by atomic mass is 10.2. The van der Waals surface area contributed by atoms with Crippen LogP contribution in [0.25, 0.3) is 4.48 Å². The molecule has 0 aromatic carbocycles. The zero-order chi connectivity index (χ0) is 15.8. The molecular weight excluding hydrogens is 360 g/mol. The minimum absolute atomic E-state index is 0.150. The highest BCUT2D eigenvalue weighted by atomic mass is 79.9. The van der Waals surface area contributed by atoms with Crippen molar-refractivity contribution in [2.24, 2.45) is 4.40 Å². The third-order valence-corrected chi connectivity index (χ3v) is 4.77. The van der Waals surface area contributed by atoms with E-state index in [1.807, 2.05) is 6.07 Å². The van der Waals surface area contributed by atoms with Crippen molar-refractivity contribution in [3.63, 3.8) is 0 Å². The third-order valence-electron chi connectivity index (χ3n) is 2.58. The molecule has 0 saturated carbocycles. The summed E-state index contributed by atoms with van der Waals surface area (Å²) in [5.74, 6) is -0.468. The lowest BCUT2D eigenvalue weighted by Gasteiger charge is -2.17. The molecule has 0 bridgehead atoms. The first-order valence-corrected chi connectivity index (χ1v) is 8.39. The predicted molar refractivity (Wildman–Crippen MR) is 81.4 cm³/mol. The van der Waals surface area contributed by atoms with Gasteiger partial charge in [0, 0.05) is 4.48 Å². The fourth-order valence-corrected chi connectivity index (χ4v) is 4.07. The first-order chi connectivity index (χ1) is 9.61. The van der Waals surface area contributed by atoms with Crippen molar-refractivity contribution in [3.8, 4) is 6.07 Å². The second-order valence-corrected chi connectivity index (χ2v) is 7.78. The summed E-state index contributed by atoms with van der Waals surface area (Å²) in [6.07, 6.45) is 2.96. The molecular formula is C12H13BrN4O3S. The Morgan fingerprint density at radius 2 is 2.29 bits per heavy atom. The number of sulfonamides is 1. The van der Waals surface area contributed by atoms with Gasteiger partial charge in [0.1, 0.15) is 6.07 Å². The first-order valence-electron chi connectivity index (χ1n) is 5.99. The number of nitrogens with zero attached hydrogens (tertiary/aromatic N) is 4. The summed E-state index contributed by atoms with van der Waals surface area (Å²) in [6.45, 7) is 2.96. The maximum absolute atomic E-state index is 11.9. The van der Waals surface area contributed by atoms with Crippen LogP contribution in [-0.4, -0.2) is 40.4 Å². The minimum atomic E-state index is -3.80. The number of nitriles is 1. The molecule has 0 aliphatic carbocycles. The van der Waals surface area contributed by atoms with Gasteiger partial charge in [-0.1, -0.05) is 0 Å². The first kappa shape index (κ1) is 15.9. The summed E-state index contributed by atoms with van der Waals surface area (Å²) in [7, 11) is -3.80. The van der Waals surface area contributed by atoms with Crippen LogP contribution in [0.2, 0.25) is 0 Å². The Morgan fingerprint density at radius 1 is 1.62 bits per heavy atom. The van der Waals surface area contributed by atoms with Crippen LogP contribution in [0.5, 0.6) is 0 Å². The molecule has 1 aromatic heterocycles. The molecule has 7 nitrogen and oxygen atoms in total. The second-order valence-electron chi connectivity index (χ2n) is 5.29. The second kappa shape index (κ2) is 5.36. The molecule has 0 unspecified atom stereocenters. The molecule has 0 amide bonds. The van der Waals surface area contributed by atoms with Crippen molar-refractivity contribution in [2.45, 2.75) is 26.0 Å². The number of hydrogen-bond donors (Lipinski definition) is 1. The Balaban J connectivity index is 2.36. The van der Waals surface area contributed by atoms with Gasteiger partial charge in [-0.3, -0.25) is 4.68 Å². The van der Waals surface area contributed by atoms with E-state index in [4.69, 9.17) is 5.26 Å². The third kappa shape index (κ3) is 3.78. The lowest BCUT2D eigenvalue weighted by Crippen LogP contribution is -2.30. The van der Waals surface area contributed by atoms with E-state index in [1.54, 1.807) is 6.08 Å². The minimum Gasteiger partial charge on any atom is -0.389 e. The molecule has 1 N–H and O–H groups in total. The van der Waals surface area contributed by atoms with E-state index in [1.165, 1.54) is 24.7 Å². The Morgan fingerprint density at radius 3 is 2.86 bits per heavy atom. The zero-order valence-electron chi connectivity index (χ0n) is 11.4. The van der Waals surface area contributed by atoms with E-state index < -0.39 is 21.4 Å². The van der Waals surface area contributed by atoms with Gasteiger partial charge in [-0.15, -0.1) is 0 Å². The fraction of sp³-hybridized carbons (Fsp3) is 0.417. The predicted octanol–water partition coefficient (Wildman–Crippen LogP) is 1.05. The summed E-state index contributed by atoms with van der Waals surface area (Å²) >= 11 is 3.29. The summed E-state index contributed by atoms with van der Waals surface area (Å²) in [5.41, 5.74) is -0.0809. The summed E-state index contributed by atoms with van der Waals surface area (Å²) in [5, 5.41) is 22.6. The van der Waals surface area contributed by atoms with E-state index >= 15 is 0 Å². The van der Waals surface area contributed by atoms with Crippen LogP contribution in [0.3, 0.4) is 0 Å². The standard InChI is InChI=1S/C12H13BrN4O3S/c1-12(2,18)7-21(19,20)16-9-3-10(13)11-8(4-14)5-15-17(11)6-9/h3,5,18H,6-7H2,1-2H3. The molecule has 1 aromatic rings. The van der Waals surface area contributed by atoms with Gasteiger partial charge >= 0.3 is 0 Å². The van der Waals surface area contributed by atoms with Crippen LogP contribution < -0.4 is 0 Å². The number of allylic oxidation sites excluding steroid dienone is 1. The highest BCUT2D eigenvalue weighted by molar-refractivity contribution is 9.15. The molecule has 21 heavy (non-hydrogen) atoms. The topological polar surface area (TPSA) is 108 Å². The smallest absolute Gasteiger partial charge is 0.256 e. The van der Waals surface area contributed by atoms with Gasteiger partial charge in [0.15, 0.2) is 0 Å². The largest absolute Gasteiger partial charge is 0.389 e. The van der Waals surface area contributed by atoms with E-state index in [2.05, 4.69) is 25.4 Å². The van der Waals surface area contributed by atoms with Crippen molar-refractivity contribution in [1.29, 1.82) is 5.26 Å². The Bertz CT molecular complexity index is 778. The molecule has 2 rings (SSSR count). The van der Waals surface area contributed by atoms with Crippen molar-refractivity contribution < 1.29 is 13.5 Å². The van der Waals surface area contributed by atoms with Gasteiger partial charge in [0.2, 0.25) is 0 Å². The van der Waals surface area contributed by atoms with Gasteiger partial charge in [0.25, 0.3) is 10.0 Å². The fourth-order valence-electron chi connectivity index (χ4n) is 1.97. The molecule has 2 heterocycles. The van der Waals surface area contributed by atoms with Gasteiger partial charge in [-0.2, -0.15) is 14.8 Å². The average molecular weight is 373 g/mol. The number of rotatable bonds is 3. The summed E-state index contributed by atoms with van der Waals surface area (Å²) in [6, 6.07) is 2.01. The van der Waals surface area contributed by atoms with E-state index in [-0.39, 0.29) is 12.3 Å². The Labute approximate surface area is 130 Å². The van der Waals surface area contributed by atoms with Crippen molar-refractivity contribution >= 4 is 36.1 Å². The molecule has 1 aliphatic rings. The Hall–Kier alpha value is -1.50. The maximum atomic E-state index is 11.9. The van der Waals surface area contributed by atoms with Gasteiger partial charge in [-0.25, -0.2) is 8.42 Å². The van der Waals surface area contributed by atoms with Crippen LogP contribution in [0, 0.1) is 11.3 Å². The number of aromatic nitrogens is 2. The SMILES string of the molecule is CC(C)(O)CS(=O)(=O)N=C1C=C(Br)c2c(C#N)cnn2C1. The van der Waals surface area contributed by atoms with Crippen LogP contribution >= 0.6 is 15.9 Å². The molecule has 9 heteroatoms. The summed E-state index contributed by atoms with van der Waals surface area (Å²) in [4.78, 5) is 0. The molecule has 0 atom stereocenters. The van der Waals surface area contributed by atoms with Crippen molar-refractivity contribution in [3.05, 3.63) is 23.5 Å². The average Bonchev–Trinajstić information content (AvgIpc) is 2.67. The number of halogens is 1. The van der Waals surface area contributed by atoms with Gasteiger partial charge < -0.3 is 5.11 Å². The highest BCUT2D eigenvalue weighted by Gasteiger charge is 2.25. The molecule has 1 aliphatic heterocycles. The number of hydrogen-bond acceptors (Lipinski definition) is 5. The monoisotopic (exact) mass is 372 g/mol. The van der Waals surface area contributed by atoms with Crippen LogP contribution in [0.4, 0.5) is 0 Å². The Kier molecular flexibility index (Phi) is 4.06. The van der Waals surface area contributed by atoms with Crippen LogP contribution in [0.15, 0.2) is 16.7 Å². The molecule has 112 valence electrons. The van der Waals surface area contributed by atoms with E-state index in [0.717, 1.165) is 0 Å². The van der Waals surface area contributed by atoms with Crippen LogP contribution in [-0.2, 0) is 16.6 Å². The lowest BCUT2D eigenvalue weighted by molar-refractivity contribution is 0.105. The van der Waals surface area contributed by atoms with E-state index in [0.29, 0.717) is 15.7 Å². The molecule has 0 saturated heterocycles. The molecule has 0 spiro atoms. The summed E-state index contributed by atoms with van der Waals surface area (Å²) < 4.78 is 29.6. The van der Waals surface area contributed by atoms with Gasteiger partial charge in [0.05, 0.1) is 41.1 Å². The molecule has 0 fully saturated rings. The maximum Gasteiger partial charge on any atom is 0.256 e. The number of fused-ring (bicyclic) bond motifs is 1. The van der Waals surface area contributed by atoms with Crippen molar-refractivity contribution in [2.75, 3.05) is 5.75 Å². The number of aliphatic hydroxyl groups is 1. The van der Waals surface area contributed by atoms with Gasteiger partial charge in [-0.05, 0) is 35.9 Å². The molecule has 0 radical (unpaired) electrons. The highest BCUT2D eigenvalue weighted by Crippen LogP contribution is 2.28. The quantitative estimate of drug-likeness (QED) is 0.852. The van der Waals surface area contributed by atoms with Crippen molar-refractivity contribution in [1.82, 2.24) is 9.78 Å². The normalized spacial score (nSPS) is 17.3. The van der Waals surface area contributed by atoms with E-state index in [9.17, 15) is 13.5 Å². The zero-order valence-corrected chi connectivity index (χ0v) is 13.8.